The summed E-state index contributed by atoms with van der Waals surface area (Å²) in [4.78, 5) is 13.3. The van der Waals surface area contributed by atoms with Gasteiger partial charge in [-0.15, -0.1) is 0 Å². The van der Waals surface area contributed by atoms with Crippen molar-refractivity contribution < 1.29 is 0 Å². The number of pyridine rings is 2. The van der Waals surface area contributed by atoms with Gasteiger partial charge in [0.05, 0.1) is 11.9 Å². The molecule has 2 N–H and O–H groups in total. The second-order valence-corrected chi connectivity index (χ2v) is 6.30. The fourth-order valence-corrected chi connectivity index (χ4v) is 3.36. The Balaban J connectivity index is 1.60. The molecule has 0 radical (unpaired) electrons. The maximum absolute atomic E-state index is 5.88. The van der Waals surface area contributed by atoms with E-state index < -0.39 is 0 Å². The molecule has 1 aliphatic rings. The van der Waals surface area contributed by atoms with E-state index in [-0.39, 0.29) is 0 Å². The van der Waals surface area contributed by atoms with Gasteiger partial charge < -0.3 is 15.5 Å². The summed E-state index contributed by atoms with van der Waals surface area (Å²) in [6, 6.07) is 10.3. The monoisotopic (exact) mass is 331 g/mol. The first-order chi connectivity index (χ1) is 12.2. The van der Waals surface area contributed by atoms with Crippen molar-refractivity contribution in [2.75, 3.05) is 36.0 Å². The normalized spacial score (nSPS) is 14.7. The van der Waals surface area contributed by atoms with Crippen molar-refractivity contribution in [3.8, 4) is 0 Å². The van der Waals surface area contributed by atoms with Crippen LogP contribution in [-0.4, -0.2) is 36.1 Å². The highest BCUT2D eigenvalue weighted by Gasteiger charge is 2.19. The minimum atomic E-state index is 0.590. The molecular formula is C20H21N5. The van der Waals surface area contributed by atoms with E-state index in [9.17, 15) is 0 Å². The molecule has 25 heavy (non-hydrogen) atoms. The largest absolute Gasteiger partial charge is 0.399 e. The van der Waals surface area contributed by atoms with Crippen molar-refractivity contribution in [1.82, 2.24) is 9.97 Å². The fraction of sp³-hybridized carbons (Fsp3) is 0.200. The van der Waals surface area contributed by atoms with Crippen LogP contribution in [0.25, 0.3) is 16.5 Å². The SMILES string of the molecule is C=C(N)c1ccc2cncc(N3CCN(c4ccncc4)CC3)c2c1. The van der Waals surface area contributed by atoms with Crippen LogP contribution < -0.4 is 15.5 Å². The van der Waals surface area contributed by atoms with Crippen molar-refractivity contribution in [3.63, 3.8) is 0 Å². The molecule has 0 bridgehead atoms. The van der Waals surface area contributed by atoms with Crippen LogP contribution in [0.4, 0.5) is 11.4 Å². The molecule has 4 rings (SSSR count). The van der Waals surface area contributed by atoms with Gasteiger partial charge in [-0.05, 0) is 23.8 Å². The molecule has 0 atom stereocenters. The number of benzene rings is 1. The van der Waals surface area contributed by atoms with Gasteiger partial charge in [0.1, 0.15) is 0 Å². The lowest BCUT2D eigenvalue weighted by molar-refractivity contribution is 0.654. The number of anilines is 2. The van der Waals surface area contributed by atoms with E-state index in [4.69, 9.17) is 5.73 Å². The van der Waals surface area contributed by atoms with Gasteiger partial charge in [-0.2, -0.15) is 0 Å². The molecule has 1 fully saturated rings. The molecule has 1 aromatic carbocycles. The van der Waals surface area contributed by atoms with Crippen molar-refractivity contribution in [2.45, 2.75) is 0 Å². The minimum Gasteiger partial charge on any atom is -0.399 e. The van der Waals surface area contributed by atoms with E-state index in [0.717, 1.165) is 42.8 Å². The Morgan fingerprint density at radius 3 is 2.36 bits per heavy atom. The lowest BCUT2D eigenvalue weighted by Crippen LogP contribution is -2.46. The van der Waals surface area contributed by atoms with Crippen LogP contribution in [0, 0.1) is 0 Å². The Morgan fingerprint density at radius 2 is 1.64 bits per heavy atom. The van der Waals surface area contributed by atoms with Gasteiger partial charge in [0.25, 0.3) is 0 Å². The predicted molar refractivity (Wildman–Crippen MR) is 104 cm³/mol. The first-order valence-corrected chi connectivity index (χ1v) is 8.45. The average Bonchev–Trinajstić information content (AvgIpc) is 2.68. The molecule has 1 saturated heterocycles. The number of aromatic nitrogens is 2. The zero-order chi connectivity index (χ0) is 17.2. The molecule has 3 aromatic rings. The standard InChI is InChI=1S/C20H21N5/c1-15(21)16-2-3-17-13-23-14-20(19(17)12-16)25-10-8-24(9-11-25)18-4-6-22-7-5-18/h2-7,12-14H,1,8-11,21H2. The molecule has 0 aliphatic carbocycles. The van der Waals surface area contributed by atoms with E-state index in [1.165, 1.54) is 11.1 Å². The molecule has 1 aliphatic heterocycles. The number of nitrogens with two attached hydrogens (primary N) is 1. The number of rotatable bonds is 3. The minimum absolute atomic E-state index is 0.590. The average molecular weight is 331 g/mol. The van der Waals surface area contributed by atoms with Crippen LogP contribution in [0.15, 0.2) is 61.7 Å². The van der Waals surface area contributed by atoms with Crippen LogP contribution in [0.5, 0.6) is 0 Å². The number of piperazine rings is 1. The second kappa shape index (κ2) is 6.43. The summed E-state index contributed by atoms with van der Waals surface area (Å²) in [6.07, 6.45) is 7.54. The van der Waals surface area contributed by atoms with Crippen molar-refractivity contribution >= 4 is 27.8 Å². The maximum Gasteiger partial charge on any atom is 0.0633 e. The van der Waals surface area contributed by atoms with Gasteiger partial charge >= 0.3 is 0 Å². The quantitative estimate of drug-likeness (QED) is 0.800. The predicted octanol–water partition coefficient (Wildman–Crippen LogP) is 2.89. The Bertz CT molecular complexity index is 898. The molecule has 126 valence electrons. The smallest absolute Gasteiger partial charge is 0.0633 e. The van der Waals surface area contributed by atoms with Crippen LogP contribution in [0.1, 0.15) is 5.56 Å². The zero-order valence-electron chi connectivity index (χ0n) is 14.1. The molecule has 0 spiro atoms. The Kier molecular flexibility index (Phi) is 3.98. The van der Waals surface area contributed by atoms with Crippen LogP contribution in [0.3, 0.4) is 0 Å². The van der Waals surface area contributed by atoms with E-state index in [1.807, 2.05) is 30.9 Å². The summed E-state index contributed by atoms with van der Waals surface area (Å²) in [6.45, 7) is 7.72. The molecule has 2 aromatic heterocycles. The summed E-state index contributed by atoms with van der Waals surface area (Å²) < 4.78 is 0. The lowest BCUT2D eigenvalue weighted by Gasteiger charge is -2.37. The van der Waals surface area contributed by atoms with Crippen LogP contribution in [0.2, 0.25) is 0 Å². The van der Waals surface area contributed by atoms with Gasteiger partial charge in [-0.1, -0.05) is 18.7 Å². The first kappa shape index (κ1) is 15.4. The molecule has 0 saturated carbocycles. The van der Waals surface area contributed by atoms with Gasteiger partial charge in [-0.25, -0.2) is 0 Å². The van der Waals surface area contributed by atoms with Crippen LogP contribution >= 0.6 is 0 Å². The molecule has 5 heteroatoms. The van der Waals surface area contributed by atoms with Crippen molar-refractivity contribution in [3.05, 3.63) is 67.3 Å². The third-order valence-electron chi connectivity index (χ3n) is 4.76. The number of hydrogen-bond acceptors (Lipinski definition) is 5. The third-order valence-corrected chi connectivity index (χ3v) is 4.76. The zero-order valence-corrected chi connectivity index (χ0v) is 14.1. The lowest BCUT2D eigenvalue weighted by atomic mass is 10.1. The molecule has 5 nitrogen and oxygen atoms in total. The van der Waals surface area contributed by atoms with E-state index in [0.29, 0.717) is 5.70 Å². The summed E-state index contributed by atoms with van der Waals surface area (Å²) in [5.41, 5.74) is 9.83. The number of nitrogens with zero attached hydrogens (tertiary/aromatic N) is 4. The van der Waals surface area contributed by atoms with Gasteiger partial charge in [-0.3, -0.25) is 9.97 Å². The highest BCUT2D eigenvalue weighted by atomic mass is 15.3. The van der Waals surface area contributed by atoms with Gasteiger partial charge in [0.2, 0.25) is 0 Å². The fourth-order valence-electron chi connectivity index (χ4n) is 3.36. The summed E-state index contributed by atoms with van der Waals surface area (Å²) in [5.74, 6) is 0. The van der Waals surface area contributed by atoms with E-state index in [2.05, 4.69) is 50.6 Å². The van der Waals surface area contributed by atoms with Crippen molar-refractivity contribution in [2.24, 2.45) is 5.73 Å². The summed E-state index contributed by atoms with van der Waals surface area (Å²) >= 11 is 0. The molecule has 0 unspecified atom stereocenters. The molecule has 3 heterocycles. The topological polar surface area (TPSA) is 58.3 Å². The number of hydrogen-bond donors (Lipinski definition) is 1. The van der Waals surface area contributed by atoms with Crippen molar-refractivity contribution in [1.29, 1.82) is 0 Å². The Labute approximate surface area is 147 Å². The van der Waals surface area contributed by atoms with E-state index in [1.54, 1.807) is 0 Å². The van der Waals surface area contributed by atoms with Gasteiger partial charge in [0.15, 0.2) is 0 Å². The van der Waals surface area contributed by atoms with Crippen LogP contribution in [-0.2, 0) is 0 Å². The Morgan fingerprint density at radius 1 is 0.920 bits per heavy atom. The maximum atomic E-state index is 5.88. The third kappa shape index (κ3) is 3.01. The Hall–Kier alpha value is -3.08. The molecular weight excluding hydrogens is 310 g/mol. The summed E-state index contributed by atoms with van der Waals surface area (Å²) in [5, 5.41) is 2.30. The number of fused-ring (bicyclic) bond motifs is 1. The highest BCUT2D eigenvalue weighted by Crippen LogP contribution is 2.29. The van der Waals surface area contributed by atoms with Gasteiger partial charge in [0, 0.05) is 66.9 Å². The van der Waals surface area contributed by atoms with E-state index >= 15 is 0 Å². The highest BCUT2D eigenvalue weighted by molar-refractivity contribution is 5.95. The second-order valence-electron chi connectivity index (χ2n) is 6.30. The summed E-state index contributed by atoms with van der Waals surface area (Å²) in [7, 11) is 0. The first-order valence-electron chi connectivity index (χ1n) is 8.45. The molecule has 0 amide bonds.